The highest BCUT2D eigenvalue weighted by atomic mass is 32.1. The fraction of sp³-hybridized carbons (Fsp3) is 0.577. The Kier molecular flexibility index (Phi) is 8.56. The van der Waals surface area contributed by atoms with Gasteiger partial charge in [-0.05, 0) is 63.6 Å². The summed E-state index contributed by atoms with van der Waals surface area (Å²) in [6.07, 6.45) is 8.63. The Bertz CT molecular complexity index is 1050. The Balaban J connectivity index is 1.31. The van der Waals surface area contributed by atoms with Crippen LogP contribution in [0.5, 0.6) is 17.2 Å². The maximum Gasteiger partial charge on any atom is 0.225 e. The van der Waals surface area contributed by atoms with Crippen LogP contribution in [0, 0.1) is 0 Å². The Morgan fingerprint density at radius 3 is 2.17 bits per heavy atom. The monoisotopic (exact) mass is 514 g/mol. The normalized spacial score (nSPS) is 19.0. The zero-order chi connectivity index (χ0) is 25.7. The van der Waals surface area contributed by atoms with Crippen LogP contribution in [0.1, 0.15) is 49.8 Å². The molecule has 0 saturated heterocycles. The Hall–Kier alpha value is -3.01. The number of hydrogen-bond donors (Lipinski definition) is 3. The smallest absolute Gasteiger partial charge is 0.225 e. The SMILES string of the molecule is COc1cc(NC(=S)N[C@H]2CC[C@@H](Nc3nc4c(c(N(C)C)n3)CCCC4)CC2)cc(OC)c1OC. The summed E-state index contributed by atoms with van der Waals surface area (Å²) < 4.78 is 16.3. The van der Waals surface area contributed by atoms with Crippen molar-refractivity contribution < 1.29 is 14.2 Å². The van der Waals surface area contributed by atoms with Crippen LogP contribution in [-0.4, -0.2) is 62.6 Å². The van der Waals surface area contributed by atoms with Crippen LogP contribution in [0.3, 0.4) is 0 Å². The molecule has 2 aliphatic rings. The molecule has 0 spiro atoms. The molecule has 196 valence electrons. The Morgan fingerprint density at radius 2 is 1.56 bits per heavy atom. The van der Waals surface area contributed by atoms with E-state index in [1.807, 2.05) is 12.1 Å². The largest absolute Gasteiger partial charge is 0.493 e. The third kappa shape index (κ3) is 6.03. The van der Waals surface area contributed by atoms with Gasteiger partial charge in [0.1, 0.15) is 5.82 Å². The van der Waals surface area contributed by atoms with Gasteiger partial charge in [0, 0.05) is 49.6 Å². The fourth-order valence-corrected chi connectivity index (χ4v) is 5.36. The van der Waals surface area contributed by atoms with E-state index in [1.165, 1.54) is 24.1 Å². The number of aryl methyl sites for hydroxylation is 1. The van der Waals surface area contributed by atoms with Gasteiger partial charge in [0.25, 0.3) is 0 Å². The van der Waals surface area contributed by atoms with Crippen molar-refractivity contribution in [1.82, 2.24) is 15.3 Å². The van der Waals surface area contributed by atoms with Crippen LogP contribution in [0.4, 0.5) is 17.5 Å². The van der Waals surface area contributed by atoms with Crippen LogP contribution < -0.4 is 35.1 Å². The molecule has 0 radical (unpaired) electrons. The molecule has 1 fully saturated rings. The van der Waals surface area contributed by atoms with E-state index < -0.39 is 0 Å². The van der Waals surface area contributed by atoms with Crippen LogP contribution >= 0.6 is 12.2 Å². The lowest BCUT2D eigenvalue weighted by Crippen LogP contribution is -2.42. The molecule has 1 aromatic heterocycles. The van der Waals surface area contributed by atoms with Gasteiger partial charge in [-0.15, -0.1) is 0 Å². The highest BCUT2D eigenvalue weighted by Crippen LogP contribution is 2.40. The van der Waals surface area contributed by atoms with E-state index in [4.69, 9.17) is 36.4 Å². The zero-order valence-electron chi connectivity index (χ0n) is 21.9. The molecule has 0 atom stereocenters. The van der Waals surface area contributed by atoms with Crippen LogP contribution in [0.15, 0.2) is 12.1 Å². The lowest BCUT2D eigenvalue weighted by atomic mass is 9.91. The van der Waals surface area contributed by atoms with Gasteiger partial charge >= 0.3 is 0 Å². The number of benzene rings is 1. The van der Waals surface area contributed by atoms with Gasteiger partial charge < -0.3 is 35.1 Å². The van der Waals surface area contributed by atoms with Crippen LogP contribution in [0.25, 0.3) is 0 Å². The molecule has 36 heavy (non-hydrogen) atoms. The minimum absolute atomic E-state index is 0.312. The first-order valence-electron chi connectivity index (χ1n) is 12.6. The van der Waals surface area contributed by atoms with E-state index in [9.17, 15) is 0 Å². The second-order valence-electron chi connectivity index (χ2n) is 9.60. The average molecular weight is 515 g/mol. The van der Waals surface area contributed by atoms with E-state index in [2.05, 4.69) is 34.9 Å². The fourth-order valence-electron chi connectivity index (χ4n) is 5.08. The van der Waals surface area contributed by atoms with E-state index in [0.717, 1.165) is 56.0 Å². The number of methoxy groups -OCH3 is 3. The van der Waals surface area contributed by atoms with Crippen molar-refractivity contribution in [1.29, 1.82) is 0 Å². The summed E-state index contributed by atoms with van der Waals surface area (Å²) in [5.41, 5.74) is 3.30. The number of thiocarbonyl (C=S) groups is 1. The summed E-state index contributed by atoms with van der Waals surface area (Å²) >= 11 is 5.59. The average Bonchev–Trinajstić information content (AvgIpc) is 2.88. The summed E-state index contributed by atoms with van der Waals surface area (Å²) in [6.45, 7) is 0. The van der Waals surface area contributed by atoms with Crippen molar-refractivity contribution in [3.05, 3.63) is 23.4 Å². The van der Waals surface area contributed by atoms with Gasteiger partial charge in [0.15, 0.2) is 16.6 Å². The summed E-state index contributed by atoms with van der Waals surface area (Å²) in [7, 11) is 8.91. The van der Waals surface area contributed by atoms with Gasteiger partial charge in [-0.3, -0.25) is 0 Å². The first-order valence-corrected chi connectivity index (χ1v) is 13.0. The lowest BCUT2D eigenvalue weighted by Gasteiger charge is -2.31. The van der Waals surface area contributed by atoms with Gasteiger partial charge in [0.05, 0.1) is 27.0 Å². The maximum absolute atomic E-state index is 5.59. The van der Waals surface area contributed by atoms with Gasteiger partial charge in [-0.1, -0.05) is 0 Å². The van der Waals surface area contributed by atoms with E-state index in [1.54, 1.807) is 21.3 Å². The first kappa shape index (κ1) is 26.1. The molecule has 0 amide bonds. The number of aromatic nitrogens is 2. The summed E-state index contributed by atoms with van der Waals surface area (Å²) in [5.74, 6) is 3.53. The van der Waals surface area contributed by atoms with Crippen molar-refractivity contribution in [3.63, 3.8) is 0 Å². The molecule has 0 unspecified atom stereocenters. The van der Waals surface area contributed by atoms with Crippen molar-refractivity contribution >= 4 is 34.8 Å². The summed E-state index contributed by atoms with van der Waals surface area (Å²) in [5, 5.41) is 10.9. The quantitative estimate of drug-likeness (QED) is 0.446. The standard InChI is InChI=1S/C26H38N6O3S/c1-32(2)24-19-8-6-7-9-20(19)30-25(31-24)27-16-10-12-17(13-11-16)28-26(36)29-18-14-21(33-3)23(35-5)22(15-18)34-4/h14-17H,6-13H2,1-5H3,(H,27,30,31)(H2,28,29,36)/t16-,17+. The van der Waals surface area contributed by atoms with E-state index >= 15 is 0 Å². The topological polar surface area (TPSA) is 92.8 Å². The molecular formula is C26H38N6O3S. The van der Waals surface area contributed by atoms with Crippen molar-refractivity contribution in [3.8, 4) is 17.2 Å². The van der Waals surface area contributed by atoms with Crippen molar-refractivity contribution in [2.24, 2.45) is 0 Å². The maximum atomic E-state index is 5.59. The molecule has 3 N–H and O–H groups in total. The van der Waals surface area contributed by atoms with E-state index in [0.29, 0.717) is 34.4 Å². The number of nitrogens with zero attached hydrogens (tertiary/aromatic N) is 3. The highest BCUT2D eigenvalue weighted by molar-refractivity contribution is 7.80. The minimum atomic E-state index is 0.312. The van der Waals surface area contributed by atoms with Crippen molar-refractivity contribution in [2.75, 3.05) is 51.0 Å². The lowest BCUT2D eigenvalue weighted by molar-refractivity contribution is 0.324. The number of hydrogen-bond acceptors (Lipinski definition) is 8. The summed E-state index contributed by atoms with van der Waals surface area (Å²) in [6, 6.07) is 4.36. The highest BCUT2D eigenvalue weighted by Gasteiger charge is 2.24. The molecule has 10 heteroatoms. The van der Waals surface area contributed by atoms with Crippen LogP contribution in [0.2, 0.25) is 0 Å². The molecule has 4 rings (SSSR count). The molecule has 9 nitrogen and oxygen atoms in total. The first-order chi connectivity index (χ1) is 17.4. The molecule has 1 saturated carbocycles. The van der Waals surface area contributed by atoms with Gasteiger partial charge in [-0.2, -0.15) is 4.98 Å². The molecular weight excluding hydrogens is 476 g/mol. The number of ether oxygens (including phenoxy) is 3. The number of rotatable bonds is 8. The molecule has 2 aliphatic carbocycles. The van der Waals surface area contributed by atoms with E-state index in [-0.39, 0.29) is 0 Å². The molecule has 0 bridgehead atoms. The second-order valence-corrected chi connectivity index (χ2v) is 10.0. The number of anilines is 3. The molecule has 1 aromatic carbocycles. The third-order valence-corrected chi connectivity index (χ3v) is 7.12. The van der Waals surface area contributed by atoms with Crippen molar-refractivity contribution in [2.45, 2.75) is 63.5 Å². The van der Waals surface area contributed by atoms with Gasteiger partial charge in [-0.25, -0.2) is 4.98 Å². The molecule has 2 aromatic rings. The second kappa shape index (κ2) is 11.8. The predicted molar refractivity (Wildman–Crippen MR) is 148 cm³/mol. The summed E-state index contributed by atoms with van der Waals surface area (Å²) in [4.78, 5) is 11.9. The predicted octanol–water partition coefficient (Wildman–Crippen LogP) is 4.16. The Morgan fingerprint density at radius 1 is 0.917 bits per heavy atom. The Labute approximate surface area is 219 Å². The number of fused-ring (bicyclic) bond motifs is 1. The third-order valence-electron chi connectivity index (χ3n) is 6.90. The zero-order valence-corrected chi connectivity index (χ0v) is 22.8. The minimum Gasteiger partial charge on any atom is -0.493 e. The molecule has 1 heterocycles. The van der Waals surface area contributed by atoms with Gasteiger partial charge in [0.2, 0.25) is 11.7 Å². The van der Waals surface area contributed by atoms with Crippen LogP contribution in [-0.2, 0) is 12.8 Å². The number of nitrogens with one attached hydrogen (secondary N) is 3. The molecule has 0 aliphatic heterocycles.